The lowest BCUT2D eigenvalue weighted by Gasteiger charge is -2.15. The Hall–Kier alpha value is -1.44. The fourth-order valence-corrected chi connectivity index (χ4v) is 3.77. The van der Waals surface area contributed by atoms with Crippen LogP contribution in [-0.4, -0.2) is 20.5 Å². The van der Waals surface area contributed by atoms with Crippen molar-refractivity contribution in [2.75, 3.05) is 7.11 Å². The molecule has 0 unspecified atom stereocenters. The monoisotopic (exact) mass is 370 g/mol. The normalized spacial score (nSPS) is 12.9. The van der Waals surface area contributed by atoms with Gasteiger partial charge in [-0.3, -0.25) is 4.98 Å². The third kappa shape index (κ3) is 3.81. The van der Waals surface area contributed by atoms with Crippen LogP contribution in [0.4, 0.5) is 0 Å². The number of rotatable bonds is 5. The molecule has 21 heavy (non-hydrogen) atoms. The highest BCUT2D eigenvalue weighted by molar-refractivity contribution is 9.10. The molecule has 7 heteroatoms. The molecule has 1 N–H and O–H groups in total. The zero-order valence-corrected chi connectivity index (χ0v) is 14.0. The summed E-state index contributed by atoms with van der Waals surface area (Å²) < 4.78 is 33.1. The number of benzene rings is 1. The van der Waals surface area contributed by atoms with E-state index >= 15 is 0 Å². The Kier molecular flexibility index (Phi) is 4.97. The molecule has 1 aromatic carbocycles. The first-order valence-electron chi connectivity index (χ1n) is 6.20. The van der Waals surface area contributed by atoms with Crippen molar-refractivity contribution >= 4 is 26.0 Å². The summed E-state index contributed by atoms with van der Waals surface area (Å²) in [6.07, 6.45) is 3.28. The lowest BCUT2D eigenvalue weighted by molar-refractivity contribution is 0.411. The van der Waals surface area contributed by atoms with Gasteiger partial charge < -0.3 is 4.74 Å². The molecule has 112 valence electrons. The summed E-state index contributed by atoms with van der Waals surface area (Å²) >= 11 is 3.28. The van der Waals surface area contributed by atoms with Crippen LogP contribution in [0.15, 0.2) is 52.1 Å². The van der Waals surface area contributed by atoms with Crippen LogP contribution >= 0.6 is 15.9 Å². The van der Waals surface area contributed by atoms with Gasteiger partial charge in [0.1, 0.15) is 5.75 Å². The molecule has 0 fully saturated rings. The molecule has 0 saturated carbocycles. The number of aromatic nitrogens is 1. The van der Waals surface area contributed by atoms with Gasteiger partial charge in [0.15, 0.2) is 0 Å². The van der Waals surface area contributed by atoms with E-state index in [9.17, 15) is 8.42 Å². The van der Waals surface area contributed by atoms with Gasteiger partial charge in [0.25, 0.3) is 0 Å². The van der Waals surface area contributed by atoms with Crippen molar-refractivity contribution in [2.45, 2.75) is 17.9 Å². The van der Waals surface area contributed by atoms with E-state index in [0.29, 0.717) is 10.2 Å². The van der Waals surface area contributed by atoms with Crippen LogP contribution in [-0.2, 0) is 10.0 Å². The van der Waals surface area contributed by atoms with Crippen LogP contribution in [0.2, 0.25) is 0 Å². The van der Waals surface area contributed by atoms with Gasteiger partial charge in [-0.1, -0.05) is 6.07 Å². The van der Waals surface area contributed by atoms with E-state index < -0.39 is 10.0 Å². The summed E-state index contributed by atoms with van der Waals surface area (Å²) in [5.74, 6) is 0.578. The Morgan fingerprint density at radius 2 is 2.10 bits per heavy atom. The number of ether oxygens (including phenoxy) is 1. The van der Waals surface area contributed by atoms with Crippen molar-refractivity contribution in [3.63, 3.8) is 0 Å². The Bertz CT molecular complexity index is 720. The van der Waals surface area contributed by atoms with E-state index in [0.717, 1.165) is 5.56 Å². The molecule has 1 heterocycles. The van der Waals surface area contributed by atoms with Crippen LogP contribution in [0.1, 0.15) is 18.5 Å². The molecule has 1 atom stereocenters. The van der Waals surface area contributed by atoms with Crippen molar-refractivity contribution in [3.05, 3.63) is 52.8 Å². The van der Waals surface area contributed by atoms with E-state index in [-0.39, 0.29) is 10.9 Å². The van der Waals surface area contributed by atoms with E-state index in [2.05, 4.69) is 25.6 Å². The third-order valence-corrected chi connectivity index (χ3v) is 5.11. The van der Waals surface area contributed by atoms with E-state index in [4.69, 9.17) is 4.74 Å². The van der Waals surface area contributed by atoms with Gasteiger partial charge in [-0.2, -0.15) is 0 Å². The standard InChI is InChI=1S/C14H15BrN2O3S/c1-10(11-4-3-7-16-9-11)17-21(18,19)12-5-6-14(20-2)13(15)8-12/h3-10,17H,1-2H3/t10-/m1/s1. The zero-order chi connectivity index (χ0) is 15.5. The van der Waals surface area contributed by atoms with Gasteiger partial charge >= 0.3 is 0 Å². The van der Waals surface area contributed by atoms with Gasteiger partial charge in [-0.25, -0.2) is 13.1 Å². The first-order chi connectivity index (χ1) is 9.94. The summed E-state index contributed by atoms with van der Waals surface area (Å²) in [5, 5.41) is 0. The predicted octanol–water partition coefficient (Wildman–Crippen LogP) is 2.89. The second-order valence-electron chi connectivity index (χ2n) is 4.43. The first kappa shape index (κ1) is 15.9. The molecule has 0 aliphatic rings. The maximum Gasteiger partial charge on any atom is 0.241 e. The molecule has 2 aromatic rings. The smallest absolute Gasteiger partial charge is 0.241 e. The molecule has 0 bridgehead atoms. The number of nitrogens with one attached hydrogen (secondary N) is 1. The minimum Gasteiger partial charge on any atom is -0.496 e. The third-order valence-electron chi connectivity index (χ3n) is 2.95. The minimum atomic E-state index is -3.62. The van der Waals surface area contributed by atoms with Gasteiger partial charge in [0, 0.05) is 18.4 Å². The molecule has 0 radical (unpaired) electrons. The van der Waals surface area contributed by atoms with Gasteiger partial charge in [0.05, 0.1) is 16.5 Å². The summed E-state index contributed by atoms with van der Waals surface area (Å²) in [6, 6.07) is 7.84. The quantitative estimate of drug-likeness (QED) is 0.878. The number of hydrogen-bond donors (Lipinski definition) is 1. The molecule has 1 aromatic heterocycles. The van der Waals surface area contributed by atoms with E-state index in [1.165, 1.54) is 19.2 Å². The number of halogens is 1. The Labute approximate surface area is 132 Å². The number of nitrogens with zero attached hydrogens (tertiary/aromatic N) is 1. The van der Waals surface area contributed by atoms with Crippen molar-refractivity contribution < 1.29 is 13.2 Å². The fraction of sp³-hybridized carbons (Fsp3) is 0.214. The lowest BCUT2D eigenvalue weighted by Crippen LogP contribution is -2.27. The van der Waals surface area contributed by atoms with Crippen LogP contribution in [0.5, 0.6) is 5.75 Å². The molecule has 0 spiro atoms. The van der Waals surface area contributed by atoms with Crippen molar-refractivity contribution in [1.82, 2.24) is 9.71 Å². The largest absolute Gasteiger partial charge is 0.496 e. The molecule has 2 rings (SSSR count). The number of methoxy groups -OCH3 is 1. The van der Waals surface area contributed by atoms with Crippen molar-refractivity contribution in [3.8, 4) is 5.75 Å². The summed E-state index contributed by atoms with van der Waals surface area (Å²) in [5.41, 5.74) is 0.800. The first-order valence-corrected chi connectivity index (χ1v) is 8.47. The highest BCUT2D eigenvalue weighted by Gasteiger charge is 2.19. The topological polar surface area (TPSA) is 68.3 Å². The molecule has 5 nitrogen and oxygen atoms in total. The predicted molar refractivity (Wildman–Crippen MR) is 83.7 cm³/mol. The average molecular weight is 371 g/mol. The number of hydrogen-bond acceptors (Lipinski definition) is 4. The van der Waals surface area contributed by atoms with Crippen LogP contribution in [0.25, 0.3) is 0 Å². The van der Waals surface area contributed by atoms with Gasteiger partial charge in [-0.15, -0.1) is 0 Å². The van der Waals surface area contributed by atoms with Crippen LogP contribution in [0, 0.1) is 0 Å². The molecular formula is C14H15BrN2O3S. The Balaban J connectivity index is 2.24. The SMILES string of the molecule is COc1ccc(S(=O)(=O)N[C@H](C)c2cccnc2)cc1Br. The van der Waals surface area contributed by atoms with Gasteiger partial charge in [0.2, 0.25) is 10.0 Å². The van der Waals surface area contributed by atoms with Gasteiger partial charge in [-0.05, 0) is 52.7 Å². The second-order valence-corrected chi connectivity index (χ2v) is 6.99. The Morgan fingerprint density at radius 3 is 2.67 bits per heavy atom. The summed E-state index contributed by atoms with van der Waals surface area (Å²) in [4.78, 5) is 4.16. The number of pyridine rings is 1. The number of sulfonamides is 1. The molecule has 0 amide bonds. The maximum absolute atomic E-state index is 12.4. The lowest BCUT2D eigenvalue weighted by atomic mass is 10.2. The van der Waals surface area contributed by atoms with Crippen molar-refractivity contribution in [2.24, 2.45) is 0 Å². The Morgan fingerprint density at radius 1 is 1.33 bits per heavy atom. The molecule has 0 aliphatic heterocycles. The summed E-state index contributed by atoms with van der Waals surface area (Å²) in [6.45, 7) is 1.77. The fourth-order valence-electron chi connectivity index (χ4n) is 1.82. The highest BCUT2D eigenvalue weighted by Crippen LogP contribution is 2.28. The molecular weight excluding hydrogens is 356 g/mol. The highest BCUT2D eigenvalue weighted by atomic mass is 79.9. The van der Waals surface area contributed by atoms with E-state index in [1.54, 1.807) is 31.5 Å². The minimum absolute atomic E-state index is 0.172. The summed E-state index contributed by atoms with van der Waals surface area (Å²) in [7, 11) is -2.09. The van der Waals surface area contributed by atoms with Crippen LogP contribution < -0.4 is 9.46 Å². The average Bonchev–Trinajstić information content (AvgIpc) is 2.47. The molecule has 0 saturated heterocycles. The molecule has 0 aliphatic carbocycles. The van der Waals surface area contributed by atoms with E-state index in [1.807, 2.05) is 6.07 Å². The maximum atomic E-state index is 12.4. The second kappa shape index (κ2) is 6.55. The zero-order valence-electron chi connectivity index (χ0n) is 11.6. The van der Waals surface area contributed by atoms with Crippen LogP contribution in [0.3, 0.4) is 0 Å². The van der Waals surface area contributed by atoms with Crippen molar-refractivity contribution in [1.29, 1.82) is 0 Å².